The summed E-state index contributed by atoms with van der Waals surface area (Å²) < 4.78 is 18.9. The predicted octanol–water partition coefficient (Wildman–Crippen LogP) is 2.41. The second-order valence-electron chi connectivity index (χ2n) is 3.27. The molecule has 0 heterocycles. The highest BCUT2D eigenvalue weighted by molar-refractivity contribution is 9.10. The van der Waals surface area contributed by atoms with Gasteiger partial charge in [-0.15, -0.1) is 0 Å². The summed E-state index contributed by atoms with van der Waals surface area (Å²) in [4.78, 5) is 0. The third-order valence-electron chi connectivity index (χ3n) is 2.37. The Hall–Kier alpha value is -0.450. The minimum Gasteiger partial charge on any atom is -0.372 e. The Morgan fingerprint density at radius 2 is 2.21 bits per heavy atom. The van der Waals surface area contributed by atoms with Crippen LogP contribution in [-0.4, -0.2) is 13.7 Å². The second kappa shape index (κ2) is 4.38. The number of hydrogen-bond acceptors (Lipinski definition) is 2. The van der Waals surface area contributed by atoms with Gasteiger partial charge < -0.3 is 10.5 Å². The van der Waals surface area contributed by atoms with Crippen LogP contribution in [0.3, 0.4) is 0 Å². The molecule has 2 nitrogen and oxygen atoms in total. The van der Waals surface area contributed by atoms with Crippen molar-refractivity contribution >= 4 is 15.9 Å². The van der Waals surface area contributed by atoms with Gasteiger partial charge in [0, 0.05) is 13.7 Å². The summed E-state index contributed by atoms with van der Waals surface area (Å²) in [5.74, 6) is -0.306. The van der Waals surface area contributed by atoms with E-state index in [0.717, 1.165) is 5.56 Å². The van der Waals surface area contributed by atoms with Crippen molar-refractivity contribution in [1.29, 1.82) is 0 Å². The Kier molecular flexibility index (Phi) is 3.64. The standard InChI is InChI=1S/C10H13BrFNO/c1-10(6-13,14-2)7-3-4-8(11)9(12)5-7/h3-5H,6,13H2,1-2H3. The van der Waals surface area contributed by atoms with Crippen LogP contribution < -0.4 is 5.73 Å². The van der Waals surface area contributed by atoms with Gasteiger partial charge in [-0.25, -0.2) is 4.39 Å². The number of ether oxygens (including phenoxy) is 1. The fourth-order valence-corrected chi connectivity index (χ4v) is 1.39. The fraction of sp³-hybridized carbons (Fsp3) is 0.400. The van der Waals surface area contributed by atoms with Gasteiger partial charge in [-0.3, -0.25) is 0 Å². The molecule has 0 aromatic heterocycles. The molecule has 0 aliphatic heterocycles. The van der Waals surface area contributed by atoms with Crippen molar-refractivity contribution in [2.45, 2.75) is 12.5 Å². The van der Waals surface area contributed by atoms with Gasteiger partial charge in [0.05, 0.1) is 4.47 Å². The van der Waals surface area contributed by atoms with Crippen molar-refractivity contribution in [3.63, 3.8) is 0 Å². The molecule has 1 rings (SSSR count). The highest BCUT2D eigenvalue weighted by atomic mass is 79.9. The number of hydrogen-bond donors (Lipinski definition) is 1. The first-order chi connectivity index (χ1) is 6.53. The normalized spacial score (nSPS) is 15.2. The quantitative estimate of drug-likeness (QED) is 0.907. The summed E-state index contributed by atoms with van der Waals surface area (Å²) in [5, 5.41) is 0. The van der Waals surface area contributed by atoms with E-state index in [9.17, 15) is 4.39 Å². The molecule has 0 amide bonds. The molecule has 0 radical (unpaired) electrons. The minimum absolute atomic E-state index is 0.306. The number of halogens is 2. The first-order valence-electron chi connectivity index (χ1n) is 4.24. The molecule has 0 bridgehead atoms. The molecule has 4 heteroatoms. The summed E-state index contributed by atoms with van der Waals surface area (Å²) in [6.07, 6.45) is 0. The van der Waals surface area contributed by atoms with Gasteiger partial charge in [-0.05, 0) is 40.5 Å². The number of benzene rings is 1. The van der Waals surface area contributed by atoms with E-state index < -0.39 is 5.60 Å². The van der Waals surface area contributed by atoms with Gasteiger partial charge in [-0.2, -0.15) is 0 Å². The van der Waals surface area contributed by atoms with E-state index in [1.807, 2.05) is 6.92 Å². The molecule has 1 aromatic carbocycles. The number of nitrogens with two attached hydrogens (primary N) is 1. The van der Waals surface area contributed by atoms with Crippen LogP contribution in [0.5, 0.6) is 0 Å². The van der Waals surface area contributed by atoms with Crippen LogP contribution in [0.4, 0.5) is 4.39 Å². The molecule has 0 spiro atoms. The summed E-state index contributed by atoms with van der Waals surface area (Å²) in [7, 11) is 1.56. The first kappa shape index (κ1) is 11.6. The molecule has 0 fully saturated rings. The van der Waals surface area contributed by atoms with Crippen LogP contribution in [0.15, 0.2) is 22.7 Å². The van der Waals surface area contributed by atoms with Crippen molar-refractivity contribution in [3.8, 4) is 0 Å². The molecule has 0 saturated heterocycles. The summed E-state index contributed by atoms with van der Waals surface area (Å²) in [6.45, 7) is 2.14. The lowest BCUT2D eigenvalue weighted by Crippen LogP contribution is -2.33. The first-order valence-corrected chi connectivity index (χ1v) is 5.03. The third kappa shape index (κ3) is 2.13. The van der Waals surface area contributed by atoms with Gasteiger partial charge in [-0.1, -0.05) is 6.07 Å². The number of methoxy groups -OCH3 is 1. The molecule has 78 valence electrons. The van der Waals surface area contributed by atoms with Crippen molar-refractivity contribution in [2.75, 3.05) is 13.7 Å². The highest BCUT2D eigenvalue weighted by Crippen LogP contribution is 2.26. The Bertz CT molecular complexity index is 326. The molecule has 1 unspecified atom stereocenters. The highest BCUT2D eigenvalue weighted by Gasteiger charge is 2.24. The van der Waals surface area contributed by atoms with E-state index in [2.05, 4.69) is 15.9 Å². The molecule has 14 heavy (non-hydrogen) atoms. The van der Waals surface area contributed by atoms with Crippen LogP contribution >= 0.6 is 15.9 Å². The summed E-state index contributed by atoms with van der Waals surface area (Å²) >= 11 is 3.09. The van der Waals surface area contributed by atoms with E-state index >= 15 is 0 Å². The largest absolute Gasteiger partial charge is 0.372 e. The predicted molar refractivity (Wildman–Crippen MR) is 57.5 cm³/mol. The molecule has 1 atom stereocenters. The van der Waals surface area contributed by atoms with Gasteiger partial charge in [0.1, 0.15) is 11.4 Å². The maximum Gasteiger partial charge on any atom is 0.137 e. The average Bonchev–Trinajstić information content (AvgIpc) is 2.21. The van der Waals surface area contributed by atoms with Crippen molar-refractivity contribution in [3.05, 3.63) is 34.1 Å². The van der Waals surface area contributed by atoms with Crippen LogP contribution in [-0.2, 0) is 10.3 Å². The van der Waals surface area contributed by atoms with E-state index in [1.54, 1.807) is 19.2 Å². The van der Waals surface area contributed by atoms with Crippen LogP contribution in [0.2, 0.25) is 0 Å². The Balaban J connectivity index is 3.12. The maximum absolute atomic E-state index is 13.2. The lowest BCUT2D eigenvalue weighted by molar-refractivity contribution is 0.00982. The summed E-state index contributed by atoms with van der Waals surface area (Å²) in [6, 6.07) is 4.88. The van der Waals surface area contributed by atoms with E-state index in [0.29, 0.717) is 11.0 Å². The summed E-state index contributed by atoms with van der Waals surface area (Å²) in [5.41, 5.74) is 5.69. The van der Waals surface area contributed by atoms with Crippen LogP contribution in [0.25, 0.3) is 0 Å². The lowest BCUT2D eigenvalue weighted by atomic mass is 9.96. The lowest BCUT2D eigenvalue weighted by Gasteiger charge is -2.27. The van der Waals surface area contributed by atoms with Gasteiger partial charge in [0.2, 0.25) is 0 Å². The van der Waals surface area contributed by atoms with Crippen molar-refractivity contribution in [2.24, 2.45) is 5.73 Å². The SMILES string of the molecule is COC(C)(CN)c1ccc(Br)c(F)c1. The molecule has 2 N–H and O–H groups in total. The molecule has 0 saturated carbocycles. The van der Waals surface area contributed by atoms with Crippen LogP contribution in [0.1, 0.15) is 12.5 Å². The minimum atomic E-state index is -0.623. The van der Waals surface area contributed by atoms with E-state index in [-0.39, 0.29) is 5.82 Å². The number of rotatable bonds is 3. The zero-order chi connectivity index (χ0) is 10.8. The van der Waals surface area contributed by atoms with Gasteiger partial charge >= 0.3 is 0 Å². The molecule has 0 aliphatic carbocycles. The van der Waals surface area contributed by atoms with Crippen LogP contribution in [0, 0.1) is 5.82 Å². The Labute approximate surface area is 91.4 Å². The zero-order valence-corrected chi connectivity index (χ0v) is 9.77. The topological polar surface area (TPSA) is 35.2 Å². The fourth-order valence-electron chi connectivity index (χ4n) is 1.14. The van der Waals surface area contributed by atoms with E-state index in [4.69, 9.17) is 10.5 Å². The monoisotopic (exact) mass is 261 g/mol. The van der Waals surface area contributed by atoms with Gasteiger partial charge in [0.25, 0.3) is 0 Å². The molecule has 0 aliphatic rings. The maximum atomic E-state index is 13.2. The Morgan fingerprint density at radius 1 is 1.57 bits per heavy atom. The van der Waals surface area contributed by atoms with E-state index in [1.165, 1.54) is 6.07 Å². The zero-order valence-electron chi connectivity index (χ0n) is 8.18. The molecular formula is C10H13BrFNO. The Morgan fingerprint density at radius 3 is 2.64 bits per heavy atom. The van der Waals surface area contributed by atoms with Crippen molar-refractivity contribution in [1.82, 2.24) is 0 Å². The molecular weight excluding hydrogens is 249 g/mol. The molecule has 1 aromatic rings. The third-order valence-corrected chi connectivity index (χ3v) is 3.01. The second-order valence-corrected chi connectivity index (χ2v) is 4.12. The smallest absolute Gasteiger partial charge is 0.137 e. The average molecular weight is 262 g/mol. The van der Waals surface area contributed by atoms with Gasteiger partial charge in [0.15, 0.2) is 0 Å². The van der Waals surface area contributed by atoms with Crippen molar-refractivity contribution < 1.29 is 9.13 Å².